The van der Waals surface area contributed by atoms with Crippen molar-refractivity contribution < 1.29 is 19.7 Å². The van der Waals surface area contributed by atoms with Crippen LogP contribution in [-0.4, -0.2) is 65.8 Å². The Morgan fingerprint density at radius 1 is 1.48 bits per heavy atom. The molecule has 3 rings (SSSR count). The van der Waals surface area contributed by atoms with Crippen LogP contribution in [0.3, 0.4) is 0 Å². The number of aliphatic hydroxyl groups excluding tert-OH is 2. The van der Waals surface area contributed by atoms with E-state index in [1.807, 2.05) is 24.0 Å². The fraction of sp³-hybridized carbons (Fsp3) is 0.556. The molecule has 1 aromatic carbocycles. The maximum absolute atomic E-state index is 12.8. The van der Waals surface area contributed by atoms with Crippen molar-refractivity contribution in [2.75, 3.05) is 25.2 Å². The Morgan fingerprint density at radius 2 is 2.22 bits per heavy atom. The highest BCUT2D eigenvalue weighted by Crippen LogP contribution is 2.37. The van der Waals surface area contributed by atoms with Crippen molar-refractivity contribution in [2.45, 2.75) is 37.6 Å². The molecule has 0 aromatic heterocycles. The second-order valence-electron chi connectivity index (χ2n) is 6.95. The van der Waals surface area contributed by atoms with Crippen LogP contribution in [0.2, 0.25) is 5.02 Å². The lowest BCUT2D eigenvalue weighted by molar-refractivity contribution is -0.131. The number of amides is 1. The number of benzene rings is 1. The van der Waals surface area contributed by atoms with Gasteiger partial charge in [0.2, 0.25) is 5.91 Å². The lowest BCUT2D eigenvalue weighted by atomic mass is 9.77. The number of rotatable bonds is 5. The van der Waals surface area contributed by atoms with Crippen LogP contribution in [0.1, 0.15) is 12.0 Å². The summed E-state index contributed by atoms with van der Waals surface area (Å²) in [6.45, 7) is 2.67. The number of thiocarbonyl (C=S) groups is 1. The van der Waals surface area contributed by atoms with Crippen molar-refractivity contribution in [1.29, 1.82) is 0 Å². The van der Waals surface area contributed by atoms with Crippen LogP contribution in [0.25, 0.3) is 0 Å². The van der Waals surface area contributed by atoms with Crippen molar-refractivity contribution >= 4 is 40.5 Å². The average Bonchev–Trinajstić information content (AvgIpc) is 2.98. The van der Waals surface area contributed by atoms with Gasteiger partial charge in [-0.05, 0) is 43.3 Å². The minimum absolute atomic E-state index is 0.140. The lowest BCUT2D eigenvalue weighted by Gasteiger charge is -2.41. The van der Waals surface area contributed by atoms with Gasteiger partial charge in [0.25, 0.3) is 0 Å². The number of aliphatic hydroxyl groups is 2. The van der Waals surface area contributed by atoms with E-state index in [0.717, 1.165) is 11.3 Å². The predicted molar refractivity (Wildman–Crippen MR) is 107 cm³/mol. The first kappa shape index (κ1) is 20.3. The number of hydrogen-bond acceptors (Lipinski definition) is 5. The Kier molecular flexibility index (Phi) is 6.22. The van der Waals surface area contributed by atoms with Crippen molar-refractivity contribution in [3.05, 3.63) is 28.8 Å². The normalized spacial score (nSPS) is 30.0. The summed E-state index contributed by atoms with van der Waals surface area (Å²) >= 11 is 11.8. The van der Waals surface area contributed by atoms with Gasteiger partial charge in [0.15, 0.2) is 5.11 Å². The summed E-state index contributed by atoms with van der Waals surface area (Å²) in [5.74, 6) is -0.763. The zero-order valence-corrected chi connectivity index (χ0v) is 16.8. The van der Waals surface area contributed by atoms with Gasteiger partial charge < -0.3 is 30.5 Å². The second kappa shape index (κ2) is 8.28. The Labute approximate surface area is 168 Å². The summed E-state index contributed by atoms with van der Waals surface area (Å²) in [7, 11) is 1.56. The number of methoxy groups -OCH3 is 1. The van der Waals surface area contributed by atoms with E-state index < -0.39 is 30.2 Å². The third kappa shape index (κ3) is 3.90. The number of hydrogen-bond donors (Lipinski definition) is 4. The van der Waals surface area contributed by atoms with Crippen LogP contribution in [0.4, 0.5) is 5.69 Å². The van der Waals surface area contributed by atoms with E-state index in [9.17, 15) is 15.0 Å². The van der Waals surface area contributed by atoms with Crippen LogP contribution in [-0.2, 0) is 9.53 Å². The van der Waals surface area contributed by atoms with Crippen LogP contribution >= 0.6 is 23.8 Å². The first-order valence-corrected chi connectivity index (χ1v) is 9.62. The molecule has 9 heteroatoms. The third-order valence-electron chi connectivity index (χ3n) is 5.22. The minimum Gasteiger partial charge on any atom is -0.390 e. The van der Waals surface area contributed by atoms with Crippen LogP contribution in [0.15, 0.2) is 18.2 Å². The number of carbonyl (C=O) groups excluding carboxylic acids is 1. The van der Waals surface area contributed by atoms with E-state index in [2.05, 4.69) is 10.6 Å². The molecule has 4 N–H and O–H groups in total. The number of halogens is 1. The van der Waals surface area contributed by atoms with Crippen molar-refractivity contribution in [2.24, 2.45) is 5.92 Å². The number of fused-ring (bicyclic) bond motifs is 1. The standard InChI is InChI=1S/C18H24ClN3O4S/c1-9-3-4-10(7-12(9)19)22-15-11(17(25)20-5-6-26-2)8-13(23)16(24)14(15)21-18(22)27/h3-4,7,11,13-16,23-24H,5-6,8H2,1-2H3,(H,20,25)(H,21,27). The lowest BCUT2D eigenvalue weighted by Crippen LogP contribution is -2.61. The zero-order chi connectivity index (χ0) is 19.7. The average molecular weight is 414 g/mol. The van der Waals surface area contributed by atoms with E-state index in [4.69, 9.17) is 28.6 Å². The van der Waals surface area contributed by atoms with Crippen LogP contribution in [0, 0.1) is 12.8 Å². The summed E-state index contributed by atoms with van der Waals surface area (Å²) in [6.07, 6.45) is -1.90. The van der Waals surface area contributed by atoms with Crippen molar-refractivity contribution in [3.63, 3.8) is 0 Å². The number of anilines is 1. The zero-order valence-electron chi connectivity index (χ0n) is 15.2. The van der Waals surface area contributed by atoms with Gasteiger partial charge in [-0.25, -0.2) is 0 Å². The highest BCUT2D eigenvalue weighted by molar-refractivity contribution is 7.80. The molecule has 5 unspecified atom stereocenters. The number of nitrogens with zero attached hydrogens (tertiary/aromatic N) is 1. The number of nitrogens with one attached hydrogen (secondary N) is 2. The smallest absolute Gasteiger partial charge is 0.225 e. The molecule has 2 aliphatic rings. The van der Waals surface area contributed by atoms with Crippen molar-refractivity contribution in [1.82, 2.24) is 10.6 Å². The summed E-state index contributed by atoms with van der Waals surface area (Å²) in [5, 5.41) is 27.6. The summed E-state index contributed by atoms with van der Waals surface area (Å²) in [6, 6.07) is 4.58. The molecule has 1 saturated carbocycles. The maximum Gasteiger partial charge on any atom is 0.225 e. The van der Waals surface area contributed by atoms with Crippen LogP contribution < -0.4 is 15.5 Å². The fourth-order valence-electron chi connectivity index (χ4n) is 3.78. The first-order valence-electron chi connectivity index (χ1n) is 8.83. The monoisotopic (exact) mass is 413 g/mol. The molecule has 1 amide bonds. The molecule has 27 heavy (non-hydrogen) atoms. The Morgan fingerprint density at radius 3 is 2.89 bits per heavy atom. The van der Waals surface area contributed by atoms with Gasteiger partial charge in [-0.3, -0.25) is 4.79 Å². The fourth-order valence-corrected chi connectivity index (χ4v) is 4.32. The SMILES string of the molecule is COCCNC(=O)C1CC(O)C(O)C2NC(=S)N(c3ccc(C)c(Cl)c3)C12. The molecule has 5 atom stereocenters. The minimum atomic E-state index is -1.03. The predicted octanol–water partition coefficient (Wildman–Crippen LogP) is 0.584. The maximum atomic E-state index is 12.8. The molecule has 0 bridgehead atoms. The van der Waals surface area contributed by atoms with Gasteiger partial charge in [-0.2, -0.15) is 0 Å². The first-order chi connectivity index (χ1) is 12.8. The van der Waals surface area contributed by atoms with E-state index in [1.165, 1.54) is 0 Å². The molecule has 0 radical (unpaired) electrons. The molecule has 7 nitrogen and oxygen atoms in total. The Balaban J connectivity index is 1.93. The molecule has 2 fully saturated rings. The van der Waals surface area contributed by atoms with Gasteiger partial charge in [-0.15, -0.1) is 0 Å². The number of carbonyl (C=O) groups is 1. The Bertz CT molecular complexity index is 735. The quantitative estimate of drug-likeness (QED) is 0.414. The van der Waals surface area contributed by atoms with E-state index >= 15 is 0 Å². The summed E-state index contributed by atoms with van der Waals surface area (Å²) in [4.78, 5) is 14.6. The molecular formula is C18H24ClN3O4S. The molecule has 1 aliphatic carbocycles. The van der Waals surface area contributed by atoms with E-state index in [0.29, 0.717) is 23.3 Å². The molecular weight excluding hydrogens is 390 g/mol. The largest absolute Gasteiger partial charge is 0.390 e. The highest BCUT2D eigenvalue weighted by Gasteiger charge is 2.53. The third-order valence-corrected chi connectivity index (χ3v) is 5.94. The highest BCUT2D eigenvalue weighted by atomic mass is 35.5. The van der Waals surface area contributed by atoms with Gasteiger partial charge in [0.05, 0.1) is 30.7 Å². The van der Waals surface area contributed by atoms with Gasteiger partial charge in [0.1, 0.15) is 6.10 Å². The van der Waals surface area contributed by atoms with Crippen LogP contribution in [0.5, 0.6) is 0 Å². The molecule has 1 heterocycles. The Hall–Kier alpha value is -1.45. The molecule has 1 aromatic rings. The molecule has 1 saturated heterocycles. The number of ether oxygens (including phenoxy) is 1. The number of aryl methyl sites for hydroxylation is 1. The molecule has 148 valence electrons. The topological polar surface area (TPSA) is 94.1 Å². The van der Waals surface area contributed by atoms with E-state index in [-0.39, 0.29) is 12.3 Å². The van der Waals surface area contributed by atoms with Gasteiger partial charge in [-0.1, -0.05) is 17.7 Å². The van der Waals surface area contributed by atoms with Gasteiger partial charge >= 0.3 is 0 Å². The second-order valence-corrected chi connectivity index (χ2v) is 7.75. The summed E-state index contributed by atoms with van der Waals surface area (Å²) < 4.78 is 4.97. The van der Waals surface area contributed by atoms with Crippen molar-refractivity contribution in [3.8, 4) is 0 Å². The summed E-state index contributed by atoms with van der Waals surface area (Å²) in [5.41, 5.74) is 1.68. The molecule has 1 aliphatic heterocycles. The molecule has 0 spiro atoms. The van der Waals surface area contributed by atoms with E-state index in [1.54, 1.807) is 13.2 Å². The van der Waals surface area contributed by atoms with Gasteiger partial charge in [0, 0.05) is 24.4 Å².